The first-order valence-electron chi connectivity index (χ1n) is 4.44. The standard InChI is InChI=1S/C11H6Cl2N2O/c12-8-2-1-3-9(13)10(8)11-14-4-7(6-16)5-15-11/h1-6H. The van der Waals surface area contributed by atoms with Crippen molar-refractivity contribution in [2.75, 3.05) is 0 Å². The second kappa shape index (κ2) is 4.60. The summed E-state index contributed by atoms with van der Waals surface area (Å²) in [6.07, 6.45) is 3.53. The first-order valence-corrected chi connectivity index (χ1v) is 5.19. The smallest absolute Gasteiger partial charge is 0.162 e. The first-order chi connectivity index (χ1) is 7.72. The minimum atomic E-state index is 0.404. The monoisotopic (exact) mass is 252 g/mol. The molecule has 1 heterocycles. The number of carbonyl (C=O) groups is 1. The molecular weight excluding hydrogens is 247 g/mol. The second-order valence-electron chi connectivity index (χ2n) is 3.05. The Morgan fingerprint density at radius 2 is 1.62 bits per heavy atom. The molecule has 2 rings (SSSR count). The summed E-state index contributed by atoms with van der Waals surface area (Å²) >= 11 is 12.0. The number of nitrogens with zero attached hydrogens (tertiary/aromatic N) is 2. The van der Waals surface area contributed by atoms with Gasteiger partial charge in [0.15, 0.2) is 12.1 Å². The summed E-state index contributed by atoms with van der Waals surface area (Å²) in [5.41, 5.74) is 0.982. The molecule has 0 spiro atoms. The lowest BCUT2D eigenvalue weighted by Gasteiger charge is -2.04. The maximum absolute atomic E-state index is 10.5. The molecule has 0 fully saturated rings. The van der Waals surface area contributed by atoms with Crippen molar-refractivity contribution in [3.05, 3.63) is 46.2 Å². The van der Waals surface area contributed by atoms with Crippen molar-refractivity contribution in [1.82, 2.24) is 9.97 Å². The van der Waals surface area contributed by atoms with Crippen molar-refractivity contribution in [1.29, 1.82) is 0 Å². The predicted molar refractivity (Wildman–Crippen MR) is 62.9 cm³/mol. The van der Waals surface area contributed by atoms with Crippen LogP contribution in [0.2, 0.25) is 10.0 Å². The minimum absolute atomic E-state index is 0.404. The van der Waals surface area contributed by atoms with Gasteiger partial charge in [-0.2, -0.15) is 0 Å². The molecule has 80 valence electrons. The van der Waals surface area contributed by atoms with E-state index in [9.17, 15) is 4.79 Å². The van der Waals surface area contributed by atoms with E-state index in [1.54, 1.807) is 18.2 Å². The zero-order chi connectivity index (χ0) is 11.5. The summed E-state index contributed by atoms with van der Waals surface area (Å²) in [6.45, 7) is 0. The van der Waals surface area contributed by atoms with Crippen molar-refractivity contribution in [2.24, 2.45) is 0 Å². The highest BCUT2D eigenvalue weighted by atomic mass is 35.5. The number of aldehydes is 1. The SMILES string of the molecule is O=Cc1cnc(-c2c(Cl)cccc2Cl)nc1. The number of rotatable bonds is 2. The fraction of sp³-hybridized carbons (Fsp3) is 0. The van der Waals surface area contributed by atoms with Gasteiger partial charge in [-0.05, 0) is 12.1 Å². The van der Waals surface area contributed by atoms with Gasteiger partial charge in [-0.25, -0.2) is 9.97 Å². The Bertz CT molecular complexity index is 506. The Balaban J connectivity index is 2.54. The summed E-state index contributed by atoms with van der Waals surface area (Å²) in [6, 6.07) is 5.16. The molecule has 16 heavy (non-hydrogen) atoms. The van der Waals surface area contributed by atoms with Crippen molar-refractivity contribution >= 4 is 29.5 Å². The molecule has 0 unspecified atom stereocenters. The fourth-order valence-corrected chi connectivity index (χ4v) is 1.81. The van der Waals surface area contributed by atoms with Gasteiger partial charge in [-0.3, -0.25) is 4.79 Å². The minimum Gasteiger partial charge on any atom is -0.298 e. The van der Waals surface area contributed by atoms with Crippen LogP contribution in [0.5, 0.6) is 0 Å². The number of carbonyl (C=O) groups excluding carboxylic acids is 1. The van der Waals surface area contributed by atoms with Gasteiger partial charge >= 0.3 is 0 Å². The van der Waals surface area contributed by atoms with Crippen LogP contribution in [0, 0.1) is 0 Å². The molecule has 0 aliphatic rings. The number of halogens is 2. The van der Waals surface area contributed by atoms with Gasteiger partial charge in [-0.15, -0.1) is 0 Å². The quantitative estimate of drug-likeness (QED) is 0.771. The lowest BCUT2D eigenvalue weighted by atomic mass is 10.2. The highest BCUT2D eigenvalue weighted by Crippen LogP contribution is 2.31. The molecule has 0 N–H and O–H groups in total. The van der Waals surface area contributed by atoms with Crippen molar-refractivity contribution in [3.8, 4) is 11.4 Å². The van der Waals surface area contributed by atoms with Crippen LogP contribution >= 0.6 is 23.2 Å². The topological polar surface area (TPSA) is 42.9 Å². The zero-order valence-electron chi connectivity index (χ0n) is 8.02. The highest BCUT2D eigenvalue weighted by molar-refractivity contribution is 6.38. The maximum Gasteiger partial charge on any atom is 0.162 e. The largest absolute Gasteiger partial charge is 0.298 e. The van der Waals surface area contributed by atoms with Crippen molar-refractivity contribution in [2.45, 2.75) is 0 Å². The number of hydrogen-bond donors (Lipinski definition) is 0. The third kappa shape index (κ3) is 2.05. The number of aromatic nitrogens is 2. The van der Waals surface area contributed by atoms with E-state index in [1.165, 1.54) is 12.4 Å². The third-order valence-electron chi connectivity index (χ3n) is 1.99. The molecular formula is C11H6Cl2N2O. The lowest BCUT2D eigenvalue weighted by molar-refractivity contribution is 0.112. The van der Waals surface area contributed by atoms with E-state index in [4.69, 9.17) is 23.2 Å². The molecule has 2 aromatic rings. The van der Waals surface area contributed by atoms with E-state index in [-0.39, 0.29) is 0 Å². The van der Waals surface area contributed by atoms with Crippen LogP contribution in [0.25, 0.3) is 11.4 Å². The van der Waals surface area contributed by atoms with Crippen LogP contribution in [0.1, 0.15) is 10.4 Å². The Hall–Kier alpha value is -1.45. The Morgan fingerprint density at radius 3 is 2.12 bits per heavy atom. The number of benzene rings is 1. The third-order valence-corrected chi connectivity index (χ3v) is 2.62. The van der Waals surface area contributed by atoms with Crippen molar-refractivity contribution in [3.63, 3.8) is 0 Å². The van der Waals surface area contributed by atoms with E-state index < -0.39 is 0 Å². The molecule has 0 atom stereocenters. The molecule has 0 amide bonds. The summed E-state index contributed by atoms with van der Waals surface area (Å²) in [7, 11) is 0. The molecule has 0 bridgehead atoms. The molecule has 3 nitrogen and oxygen atoms in total. The van der Waals surface area contributed by atoms with E-state index >= 15 is 0 Å². The molecule has 0 saturated carbocycles. The average Bonchev–Trinajstić information content (AvgIpc) is 2.30. The summed E-state index contributed by atoms with van der Waals surface area (Å²) in [5.74, 6) is 0.404. The van der Waals surface area contributed by atoms with Crippen LogP contribution in [0.4, 0.5) is 0 Å². The van der Waals surface area contributed by atoms with E-state index in [1.807, 2.05) is 0 Å². The molecule has 0 saturated heterocycles. The molecule has 5 heteroatoms. The van der Waals surface area contributed by atoms with Gasteiger partial charge in [-0.1, -0.05) is 29.3 Å². The Labute approximate surface area is 102 Å². The Kier molecular flexibility index (Phi) is 3.17. The molecule has 1 aromatic heterocycles. The second-order valence-corrected chi connectivity index (χ2v) is 3.87. The summed E-state index contributed by atoms with van der Waals surface area (Å²) < 4.78 is 0. The van der Waals surface area contributed by atoms with Gasteiger partial charge in [0.2, 0.25) is 0 Å². The van der Waals surface area contributed by atoms with Gasteiger partial charge in [0.25, 0.3) is 0 Å². The van der Waals surface area contributed by atoms with Crippen LogP contribution in [0.3, 0.4) is 0 Å². The molecule has 0 aliphatic carbocycles. The van der Waals surface area contributed by atoms with Gasteiger partial charge in [0.1, 0.15) is 0 Å². The van der Waals surface area contributed by atoms with E-state index in [0.717, 1.165) is 0 Å². The van der Waals surface area contributed by atoms with E-state index in [2.05, 4.69) is 9.97 Å². The van der Waals surface area contributed by atoms with Gasteiger partial charge in [0, 0.05) is 12.4 Å². The zero-order valence-corrected chi connectivity index (χ0v) is 9.53. The van der Waals surface area contributed by atoms with Crippen molar-refractivity contribution < 1.29 is 4.79 Å². The van der Waals surface area contributed by atoms with E-state index in [0.29, 0.717) is 33.3 Å². The average molecular weight is 253 g/mol. The molecule has 1 aromatic carbocycles. The summed E-state index contributed by atoms with van der Waals surface area (Å²) in [5, 5.41) is 0.956. The van der Waals surface area contributed by atoms with Gasteiger partial charge in [0.05, 0.1) is 21.2 Å². The Morgan fingerprint density at radius 1 is 1.06 bits per heavy atom. The summed E-state index contributed by atoms with van der Waals surface area (Å²) in [4.78, 5) is 18.5. The number of hydrogen-bond acceptors (Lipinski definition) is 3. The predicted octanol–water partition coefficient (Wildman–Crippen LogP) is 3.26. The molecule has 0 aliphatic heterocycles. The fourth-order valence-electron chi connectivity index (χ4n) is 1.24. The van der Waals surface area contributed by atoms with Crippen LogP contribution in [-0.4, -0.2) is 16.3 Å². The van der Waals surface area contributed by atoms with Gasteiger partial charge < -0.3 is 0 Å². The first kappa shape index (κ1) is 11.0. The lowest BCUT2D eigenvalue weighted by Crippen LogP contribution is -1.92. The van der Waals surface area contributed by atoms with Crippen LogP contribution < -0.4 is 0 Å². The van der Waals surface area contributed by atoms with Crippen LogP contribution in [0.15, 0.2) is 30.6 Å². The van der Waals surface area contributed by atoms with Crippen LogP contribution in [-0.2, 0) is 0 Å². The molecule has 0 radical (unpaired) electrons. The highest BCUT2D eigenvalue weighted by Gasteiger charge is 2.10. The normalized spacial score (nSPS) is 10.1. The maximum atomic E-state index is 10.5.